The summed E-state index contributed by atoms with van der Waals surface area (Å²) < 4.78 is 19.8. The molecule has 0 spiro atoms. The van der Waals surface area contributed by atoms with Gasteiger partial charge in [-0.2, -0.15) is 5.10 Å². The lowest BCUT2D eigenvalue weighted by atomic mass is 10.3. The third-order valence-corrected chi connectivity index (χ3v) is 4.33. The molecule has 0 radical (unpaired) electrons. The lowest BCUT2D eigenvalue weighted by Crippen LogP contribution is -2.11. The SMILES string of the molecule is Cn1ccc(-c2nnc(NC(=O)CCCSc3ccc(F)cc3)o2)n1. The minimum atomic E-state index is -0.256. The van der Waals surface area contributed by atoms with Crippen molar-refractivity contribution in [1.82, 2.24) is 20.0 Å². The van der Waals surface area contributed by atoms with Crippen molar-refractivity contribution >= 4 is 23.7 Å². The van der Waals surface area contributed by atoms with Crippen molar-refractivity contribution in [2.75, 3.05) is 11.1 Å². The molecule has 3 aromatic rings. The van der Waals surface area contributed by atoms with Gasteiger partial charge in [0, 0.05) is 24.6 Å². The molecule has 0 aliphatic heterocycles. The van der Waals surface area contributed by atoms with Crippen LogP contribution in [-0.2, 0) is 11.8 Å². The van der Waals surface area contributed by atoms with Crippen molar-refractivity contribution in [3.05, 3.63) is 42.3 Å². The summed E-state index contributed by atoms with van der Waals surface area (Å²) in [7, 11) is 1.78. The summed E-state index contributed by atoms with van der Waals surface area (Å²) in [5.74, 6) is 0.550. The van der Waals surface area contributed by atoms with Crippen molar-refractivity contribution in [2.45, 2.75) is 17.7 Å². The first kappa shape index (κ1) is 17.2. The fourth-order valence-corrected chi connectivity index (χ4v) is 2.89. The standard InChI is InChI=1S/C16H16FN5O2S/c1-22-9-8-13(21-22)15-19-20-16(24-15)18-14(23)3-2-10-25-12-6-4-11(17)5-7-12/h4-9H,2-3,10H2,1H3,(H,18,20,23). The topological polar surface area (TPSA) is 85.8 Å². The van der Waals surface area contributed by atoms with E-state index in [1.54, 1.807) is 47.9 Å². The molecule has 0 fully saturated rings. The van der Waals surface area contributed by atoms with Gasteiger partial charge in [-0.3, -0.25) is 14.8 Å². The number of aryl methyl sites for hydroxylation is 1. The molecule has 2 aromatic heterocycles. The molecule has 0 saturated carbocycles. The summed E-state index contributed by atoms with van der Waals surface area (Å²) in [6.45, 7) is 0. The van der Waals surface area contributed by atoms with Crippen LogP contribution in [0.5, 0.6) is 0 Å². The first-order chi connectivity index (χ1) is 12.1. The summed E-state index contributed by atoms with van der Waals surface area (Å²) in [6.07, 6.45) is 2.77. The Morgan fingerprint density at radius 3 is 2.80 bits per heavy atom. The van der Waals surface area contributed by atoms with E-state index in [9.17, 15) is 9.18 Å². The third-order valence-electron chi connectivity index (χ3n) is 3.23. The van der Waals surface area contributed by atoms with Gasteiger partial charge in [0.25, 0.3) is 5.89 Å². The van der Waals surface area contributed by atoms with Crippen LogP contribution in [-0.4, -0.2) is 31.6 Å². The Balaban J connectivity index is 1.42. The summed E-state index contributed by atoms with van der Waals surface area (Å²) in [5.41, 5.74) is 0.547. The average molecular weight is 361 g/mol. The van der Waals surface area contributed by atoms with Gasteiger partial charge in [-0.05, 0) is 42.5 Å². The highest BCUT2D eigenvalue weighted by Crippen LogP contribution is 2.20. The fraction of sp³-hybridized carbons (Fsp3) is 0.250. The number of amides is 1. The van der Waals surface area contributed by atoms with Crippen LogP contribution >= 0.6 is 11.8 Å². The number of anilines is 1. The first-order valence-electron chi connectivity index (χ1n) is 7.62. The highest BCUT2D eigenvalue weighted by Gasteiger charge is 2.13. The zero-order chi connectivity index (χ0) is 17.6. The Hall–Kier alpha value is -2.68. The molecule has 1 aromatic carbocycles. The van der Waals surface area contributed by atoms with E-state index in [1.165, 1.54) is 12.1 Å². The van der Waals surface area contributed by atoms with Gasteiger partial charge < -0.3 is 4.42 Å². The first-order valence-corrected chi connectivity index (χ1v) is 8.60. The molecule has 1 N–H and O–H groups in total. The summed E-state index contributed by atoms with van der Waals surface area (Å²) in [5, 5.41) is 14.4. The summed E-state index contributed by atoms with van der Waals surface area (Å²) in [6, 6.07) is 8.08. The van der Waals surface area contributed by atoms with Crippen LogP contribution in [0, 0.1) is 5.82 Å². The van der Waals surface area contributed by atoms with Gasteiger partial charge >= 0.3 is 6.01 Å². The second-order valence-corrected chi connectivity index (χ2v) is 6.41. The average Bonchev–Trinajstić information content (AvgIpc) is 3.22. The van der Waals surface area contributed by atoms with E-state index >= 15 is 0 Å². The van der Waals surface area contributed by atoms with Gasteiger partial charge in [-0.1, -0.05) is 5.10 Å². The maximum Gasteiger partial charge on any atom is 0.322 e. The van der Waals surface area contributed by atoms with E-state index in [0.29, 0.717) is 18.5 Å². The van der Waals surface area contributed by atoms with E-state index in [-0.39, 0.29) is 23.6 Å². The molecule has 3 rings (SSSR count). The third kappa shape index (κ3) is 4.90. The summed E-state index contributed by atoms with van der Waals surface area (Å²) in [4.78, 5) is 12.9. The van der Waals surface area contributed by atoms with Gasteiger partial charge in [0.2, 0.25) is 5.91 Å². The molecule has 9 heteroatoms. The number of carbonyl (C=O) groups is 1. The van der Waals surface area contributed by atoms with E-state index < -0.39 is 0 Å². The lowest BCUT2D eigenvalue weighted by Gasteiger charge is -2.02. The number of halogens is 1. The second kappa shape index (κ2) is 7.93. The van der Waals surface area contributed by atoms with Crippen LogP contribution in [0.4, 0.5) is 10.4 Å². The van der Waals surface area contributed by atoms with Gasteiger partial charge in [0.05, 0.1) is 0 Å². The molecule has 0 aliphatic carbocycles. The zero-order valence-electron chi connectivity index (χ0n) is 13.5. The lowest BCUT2D eigenvalue weighted by molar-refractivity contribution is -0.116. The van der Waals surface area contributed by atoms with E-state index in [4.69, 9.17) is 4.42 Å². The van der Waals surface area contributed by atoms with Crippen LogP contribution in [0.15, 0.2) is 45.8 Å². The number of aromatic nitrogens is 4. The van der Waals surface area contributed by atoms with Crippen LogP contribution in [0.3, 0.4) is 0 Å². The number of thioether (sulfide) groups is 1. The van der Waals surface area contributed by atoms with Crippen molar-refractivity contribution in [2.24, 2.45) is 7.05 Å². The van der Waals surface area contributed by atoms with Gasteiger partial charge in [0.15, 0.2) is 0 Å². The Labute approximate surface area is 147 Å². The minimum absolute atomic E-state index is 0.0526. The molecule has 25 heavy (non-hydrogen) atoms. The van der Waals surface area contributed by atoms with Crippen LogP contribution in [0.2, 0.25) is 0 Å². The number of benzene rings is 1. The maximum atomic E-state index is 12.8. The van der Waals surface area contributed by atoms with Crippen molar-refractivity contribution < 1.29 is 13.6 Å². The van der Waals surface area contributed by atoms with Gasteiger partial charge in [0.1, 0.15) is 11.5 Å². The maximum absolute atomic E-state index is 12.8. The molecule has 0 aliphatic rings. The molecule has 7 nitrogen and oxygen atoms in total. The Bertz CT molecular complexity index is 846. The number of nitrogens with one attached hydrogen (secondary N) is 1. The van der Waals surface area contributed by atoms with Gasteiger partial charge in [-0.25, -0.2) is 4.39 Å². The largest absolute Gasteiger partial charge is 0.401 e. The molecule has 1 amide bonds. The predicted octanol–water partition coefficient (Wildman–Crippen LogP) is 3.12. The van der Waals surface area contributed by atoms with Gasteiger partial charge in [-0.15, -0.1) is 16.9 Å². The molecular weight excluding hydrogens is 345 g/mol. The highest BCUT2D eigenvalue weighted by atomic mass is 32.2. The van der Waals surface area contributed by atoms with Crippen LogP contribution in [0.25, 0.3) is 11.6 Å². The molecule has 130 valence electrons. The van der Waals surface area contributed by atoms with Crippen LogP contribution in [0.1, 0.15) is 12.8 Å². The number of rotatable bonds is 7. The van der Waals surface area contributed by atoms with Crippen molar-refractivity contribution in [1.29, 1.82) is 0 Å². The predicted molar refractivity (Wildman–Crippen MR) is 91.5 cm³/mol. The number of hydrogen-bond donors (Lipinski definition) is 1. The molecule has 0 bridgehead atoms. The molecular formula is C16H16FN5O2S. The number of carbonyl (C=O) groups excluding carboxylic acids is 1. The smallest absolute Gasteiger partial charge is 0.322 e. The fourth-order valence-electron chi connectivity index (χ4n) is 2.04. The number of nitrogens with zero attached hydrogens (tertiary/aromatic N) is 4. The van der Waals surface area contributed by atoms with Crippen molar-refractivity contribution in [3.8, 4) is 11.6 Å². The van der Waals surface area contributed by atoms with E-state index in [2.05, 4.69) is 20.6 Å². The Morgan fingerprint density at radius 2 is 2.08 bits per heavy atom. The normalized spacial score (nSPS) is 10.8. The van der Waals surface area contributed by atoms with Crippen LogP contribution < -0.4 is 5.32 Å². The Morgan fingerprint density at radius 1 is 1.28 bits per heavy atom. The van der Waals surface area contributed by atoms with E-state index in [0.717, 1.165) is 10.6 Å². The number of hydrogen-bond acceptors (Lipinski definition) is 6. The second-order valence-electron chi connectivity index (χ2n) is 5.24. The highest BCUT2D eigenvalue weighted by molar-refractivity contribution is 7.99. The molecule has 0 unspecified atom stereocenters. The molecule has 0 atom stereocenters. The quantitative estimate of drug-likeness (QED) is 0.514. The van der Waals surface area contributed by atoms with E-state index in [1.807, 2.05) is 0 Å². The monoisotopic (exact) mass is 361 g/mol. The molecule has 2 heterocycles. The molecule has 0 saturated heterocycles. The Kier molecular flexibility index (Phi) is 5.44. The summed E-state index contributed by atoms with van der Waals surface area (Å²) >= 11 is 1.57. The zero-order valence-corrected chi connectivity index (χ0v) is 14.3. The minimum Gasteiger partial charge on any atom is -0.401 e. The van der Waals surface area contributed by atoms with Crippen molar-refractivity contribution in [3.63, 3.8) is 0 Å².